The van der Waals surface area contributed by atoms with Crippen LogP contribution in [0.4, 0.5) is 9.18 Å². The summed E-state index contributed by atoms with van der Waals surface area (Å²) in [7, 11) is 0. The zero-order chi connectivity index (χ0) is 28.0. The van der Waals surface area contributed by atoms with E-state index in [1.165, 1.54) is 23.5 Å². The Labute approximate surface area is 225 Å². The summed E-state index contributed by atoms with van der Waals surface area (Å²) in [5.41, 5.74) is 0.0529. The van der Waals surface area contributed by atoms with Gasteiger partial charge < -0.3 is 24.4 Å². The number of likely N-dealkylation sites (tertiary alicyclic amines) is 1. The second-order valence-electron chi connectivity index (χ2n) is 9.94. The molecular weight excluding hydrogens is 507 g/mol. The normalized spacial score (nSPS) is 17.3. The molecule has 3 aromatic heterocycles. The van der Waals surface area contributed by atoms with Gasteiger partial charge in [0.25, 0.3) is 11.8 Å². The number of aromatic nitrogens is 4. The molecule has 2 amide bonds. The third kappa shape index (κ3) is 7.59. The highest BCUT2D eigenvalue weighted by Crippen LogP contribution is 2.30. The van der Waals surface area contributed by atoms with Crippen LogP contribution >= 0.6 is 0 Å². The Bertz CT molecular complexity index is 1300. The van der Waals surface area contributed by atoms with E-state index in [0.29, 0.717) is 35.4 Å². The van der Waals surface area contributed by atoms with Gasteiger partial charge in [-0.05, 0) is 45.9 Å². The minimum Gasteiger partial charge on any atom is -0.488 e. The van der Waals surface area contributed by atoms with Crippen LogP contribution in [0.2, 0.25) is 0 Å². The first kappa shape index (κ1) is 27.7. The maximum absolute atomic E-state index is 14.3. The molecule has 0 bridgehead atoms. The SMILES string of the molecule is CCOc1cccnc1Oc1cncc(-c2ncc(C(=O)N[C@H]3C[C@H](F)CN(C(=O)OC(C)(C)C)C3)cn2)c1. The van der Waals surface area contributed by atoms with Crippen LogP contribution in [0.5, 0.6) is 17.4 Å². The van der Waals surface area contributed by atoms with Gasteiger partial charge in [0.15, 0.2) is 11.6 Å². The quantitative estimate of drug-likeness (QED) is 0.470. The zero-order valence-corrected chi connectivity index (χ0v) is 22.3. The molecule has 0 spiro atoms. The minimum absolute atomic E-state index is 0.0802. The summed E-state index contributed by atoms with van der Waals surface area (Å²) >= 11 is 0. The van der Waals surface area contributed by atoms with Gasteiger partial charge in [0.2, 0.25) is 0 Å². The number of amides is 2. The van der Waals surface area contributed by atoms with E-state index in [9.17, 15) is 14.0 Å². The van der Waals surface area contributed by atoms with E-state index >= 15 is 0 Å². The maximum Gasteiger partial charge on any atom is 0.410 e. The Hall–Kier alpha value is -4.35. The summed E-state index contributed by atoms with van der Waals surface area (Å²) < 4.78 is 31.1. The van der Waals surface area contributed by atoms with Gasteiger partial charge in [-0.15, -0.1) is 0 Å². The van der Waals surface area contributed by atoms with Crippen LogP contribution in [-0.2, 0) is 4.74 Å². The number of halogens is 1. The fourth-order valence-corrected chi connectivity index (χ4v) is 3.91. The summed E-state index contributed by atoms with van der Waals surface area (Å²) in [6.07, 6.45) is 5.62. The van der Waals surface area contributed by atoms with E-state index in [1.54, 1.807) is 51.4 Å². The van der Waals surface area contributed by atoms with Gasteiger partial charge in [-0.2, -0.15) is 0 Å². The van der Waals surface area contributed by atoms with Crippen molar-refractivity contribution in [3.8, 4) is 28.8 Å². The molecule has 4 rings (SSSR count). The fourth-order valence-electron chi connectivity index (χ4n) is 3.91. The van der Waals surface area contributed by atoms with Crippen molar-refractivity contribution in [3.05, 3.63) is 54.7 Å². The van der Waals surface area contributed by atoms with Gasteiger partial charge in [-0.3, -0.25) is 9.78 Å². The average Bonchev–Trinajstić information content (AvgIpc) is 2.89. The van der Waals surface area contributed by atoms with Crippen molar-refractivity contribution in [2.75, 3.05) is 19.7 Å². The van der Waals surface area contributed by atoms with Gasteiger partial charge in [-0.1, -0.05) is 0 Å². The number of alkyl halides is 1. The number of hydrogen-bond donors (Lipinski definition) is 1. The average molecular weight is 539 g/mol. The Morgan fingerprint density at radius 3 is 2.62 bits per heavy atom. The maximum atomic E-state index is 14.3. The van der Waals surface area contributed by atoms with Crippen LogP contribution in [0.25, 0.3) is 11.4 Å². The van der Waals surface area contributed by atoms with Crippen LogP contribution in [0, 0.1) is 0 Å². The molecule has 206 valence electrons. The summed E-state index contributed by atoms with van der Waals surface area (Å²) in [5.74, 6) is 1.06. The number of carbonyl (C=O) groups excluding carboxylic acids is 2. The van der Waals surface area contributed by atoms with Crippen molar-refractivity contribution in [1.82, 2.24) is 30.2 Å². The van der Waals surface area contributed by atoms with E-state index in [4.69, 9.17) is 14.2 Å². The fraction of sp³-hybridized carbons (Fsp3) is 0.407. The first-order valence-corrected chi connectivity index (χ1v) is 12.6. The monoisotopic (exact) mass is 538 g/mol. The number of carbonyl (C=O) groups is 2. The lowest BCUT2D eigenvalue weighted by Gasteiger charge is -2.36. The van der Waals surface area contributed by atoms with E-state index in [2.05, 4.69) is 25.3 Å². The van der Waals surface area contributed by atoms with Crippen molar-refractivity contribution in [2.45, 2.75) is 51.9 Å². The summed E-state index contributed by atoms with van der Waals surface area (Å²) in [5, 5.41) is 2.76. The van der Waals surface area contributed by atoms with E-state index in [-0.39, 0.29) is 25.1 Å². The molecule has 11 nitrogen and oxygen atoms in total. The van der Waals surface area contributed by atoms with Gasteiger partial charge >= 0.3 is 6.09 Å². The number of rotatable bonds is 7. The van der Waals surface area contributed by atoms with Crippen molar-refractivity contribution >= 4 is 12.0 Å². The first-order valence-electron chi connectivity index (χ1n) is 12.6. The molecule has 0 unspecified atom stereocenters. The molecule has 0 radical (unpaired) electrons. The van der Waals surface area contributed by atoms with Gasteiger partial charge in [-0.25, -0.2) is 24.1 Å². The van der Waals surface area contributed by atoms with Crippen molar-refractivity contribution in [2.24, 2.45) is 0 Å². The molecule has 1 N–H and O–H groups in total. The largest absolute Gasteiger partial charge is 0.488 e. The van der Waals surface area contributed by atoms with E-state index in [1.807, 2.05) is 6.92 Å². The molecule has 1 fully saturated rings. The summed E-state index contributed by atoms with van der Waals surface area (Å²) in [6.45, 7) is 7.61. The van der Waals surface area contributed by atoms with Crippen molar-refractivity contribution < 1.29 is 28.2 Å². The Balaban J connectivity index is 1.40. The second kappa shape index (κ2) is 12.0. The number of hydrogen-bond acceptors (Lipinski definition) is 9. The Morgan fingerprint density at radius 1 is 1.13 bits per heavy atom. The molecular formula is C27H31FN6O5. The lowest BCUT2D eigenvalue weighted by Crippen LogP contribution is -2.54. The molecule has 0 aromatic carbocycles. The summed E-state index contributed by atoms with van der Waals surface area (Å²) in [6, 6.07) is 4.62. The molecule has 1 aliphatic heterocycles. The third-order valence-corrected chi connectivity index (χ3v) is 5.52. The number of nitrogens with one attached hydrogen (secondary N) is 1. The predicted molar refractivity (Wildman–Crippen MR) is 139 cm³/mol. The molecule has 4 heterocycles. The Kier molecular flexibility index (Phi) is 8.52. The smallest absolute Gasteiger partial charge is 0.410 e. The van der Waals surface area contributed by atoms with Crippen LogP contribution in [0.3, 0.4) is 0 Å². The lowest BCUT2D eigenvalue weighted by atomic mass is 10.0. The Morgan fingerprint density at radius 2 is 1.90 bits per heavy atom. The highest BCUT2D eigenvalue weighted by molar-refractivity contribution is 5.94. The van der Waals surface area contributed by atoms with Crippen molar-refractivity contribution in [3.63, 3.8) is 0 Å². The highest BCUT2D eigenvalue weighted by Gasteiger charge is 2.33. The molecule has 39 heavy (non-hydrogen) atoms. The summed E-state index contributed by atoms with van der Waals surface area (Å²) in [4.78, 5) is 43.4. The topological polar surface area (TPSA) is 129 Å². The molecule has 2 atom stereocenters. The lowest BCUT2D eigenvalue weighted by molar-refractivity contribution is 0.00940. The predicted octanol–water partition coefficient (Wildman–Crippen LogP) is 4.20. The number of ether oxygens (including phenoxy) is 3. The number of nitrogens with zero attached hydrogens (tertiary/aromatic N) is 5. The van der Waals surface area contributed by atoms with Crippen LogP contribution < -0.4 is 14.8 Å². The van der Waals surface area contributed by atoms with E-state index in [0.717, 1.165) is 0 Å². The van der Waals surface area contributed by atoms with Crippen LogP contribution in [0.1, 0.15) is 44.5 Å². The zero-order valence-electron chi connectivity index (χ0n) is 22.3. The standard InChI is InChI=1S/C27H31FN6O5/c1-5-37-22-7-6-8-30-25(22)38-21-9-17(11-29-14-21)23-31-12-18(13-32-23)24(35)33-20-10-19(28)15-34(16-20)26(36)39-27(2,3)4/h6-9,11-14,19-20H,5,10,15-16H2,1-4H3,(H,33,35)/t19-,20-/m0/s1. The first-order chi connectivity index (χ1) is 18.6. The molecule has 1 saturated heterocycles. The van der Waals surface area contributed by atoms with E-state index < -0.39 is 29.8 Å². The molecule has 3 aromatic rings. The number of pyridine rings is 2. The van der Waals surface area contributed by atoms with Gasteiger partial charge in [0.1, 0.15) is 17.5 Å². The highest BCUT2D eigenvalue weighted by atomic mass is 19.1. The molecule has 0 saturated carbocycles. The van der Waals surface area contributed by atoms with Gasteiger partial charge in [0, 0.05) is 49.4 Å². The van der Waals surface area contributed by atoms with Crippen LogP contribution in [-0.4, -0.2) is 74.3 Å². The molecule has 1 aliphatic rings. The molecule has 12 heteroatoms. The molecule has 0 aliphatic carbocycles. The number of piperidine rings is 1. The second-order valence-corrected chi connectivity index (χ2v) is 9.94. The van der Waals surface area contributed by atoms with Crippen molar-refractivity contribution in [1.29, 1.82) is 0 Å². The third-order valence-electron chi connectivity index (χ3n) is 5.52. The van der Waals surface area contributed by atoms with Crippen LogP contribution in [0.15, 0.2) is 49.2 Å². The minimum atomic E-state index is -1.28. The van der Waals surface area contributed by atoms with Gasteiger partial charge in [0.05, 0.1) is 24.9 Å².